The van der Waals surface area contributed by atoms with Gasteiger partial charge in [0.15, 0.2) is 5.58 Å². The smallest absolute Gasteiger partial charge is 0.414 e. The summed E-state index contributed by atoms with van der Waals surface area (Å²) in [7, 11) is 2.07. The number of halogens is 3. The van der Waals surface area contributed by atoms with Crippen LogP contribution in [0.2, 0.25) is 0 Å². The number of alkyl halides is 3. The molecule has 0 bridgehead atoms. The Bertz CT molecular complexity index is 1760. The zero-order valence-corrected chi connectivity index (χ0v) is 30.5. The number of aromatic nitrogens is 2. The number of piperazine rings is 1. The molecule has 5 heterocycles. The van der Waals surface area contributed by atoms with Crippen molar-refractivity contribution < 1.29 is 41.4 Å². The fraction of sp³-hybridized carbons (Fsp3) is 0.571. The minimum absolute atomic E-state index is 0.00354. The largest absolute Gasteiger partial charge is 0.444 e. The summed E-state index contributed by atoms with van der Waals surface area (Å²) in [5, 5.41) is 7.84. The number of alkyl carbamates (subject to hydrolysis) is 1. The molecule has 0 aliphatic carbocycles. The highest BCUT2D eigenvalue weighted by Gasteiger charge is 2.45. The number of carbonyl (C=O) groups is 3. The van der Waals surface area contributed by atoms with Gasteiger partial charge in [-0.1, -0.05) is 0 Å². The first-order chi connectivity index (χ1) is 24.2. The number of hydrogen-bond acceptors (Lipinski definition) is 11. The molecule has 2 aliphatic rings. The molecule has 52 heavy (non-hydrogen) atoms. The second-order valence-corrected chi connectivity index (χ2v) is 15.3. The van der Waals surface area contributed by atoms with Crippen LogP contribution in [-0.2, 0) is 16.0 Å². The molecular formula is C35H47F3N8O6. The molecule has 284 valence electrons. The summed E-state index contributed by atoms with van der Waals surface area (Å²) in [5.41, 5.74) is -0.230. The van der Waals surface area contributed by atoms with Crippen molar-refractivity contribution in [2.24, 2.45) is 5.92 Å². The fourth-order valence-electron chi connectivity index (χ4n) is 6.12. The maximum atomic E-state index is 14.2. The van der Waals surface area contributed by atoms with Crippen LogP contribution in [0.25, 0.3) is 11.1 Å². The van der Waals surface area contributed by atoms with Crippen LogP contribution >= 0.6 is 0 Å². The lowest BCUT2D eigenvalue weighted by molar-refractivity contribution is -0.177. The van der Waals surface area contributed by atoms with E-state index in [1.165, 1.54) is 23.4 Å². The molecule has 0 aromatic carbocycles. The quantitative estimate of drug-likeness (QED) is 0.268. The Morgan fingerprint density at radius 2 is 1.62 bits per heavy atom. The van der Waals surface area contributed by atoms with Gasteiger partial charge in [-0.15, -0.1) is 0 Å². The number of ether oxygens (including phenoxy) is 2. The molecule has 5 rings (SSSR count). The normalized spacial score (nSPS) is 19.3. The molecule has 3 aromatic rings. The van der Waals surface area contributed by atoms with Crippen molar-refractivity contribution in [3.63, 3.8) is 0 Å². The summed E-state index contributed by atoms with van der Waals surface area (Å²) >= 11 is 0. The number of carbonyl (C=O) groups excluding carboxylic acids is 3. The predicted molar refractivity (Wildman–Crippen MR) is 188 cm³/mol. The van der Waals surface area contributed by atoms with Crippen molar-refractivity contribution in [3.05, 3.63) is 41.9 Å². The minimum Gasteiger partial charge on any atom is -0.444 e. The molecule has 3 N–H and O–H groups in total. The Kier molecular flexibility index (Phi) is 11.2. The monoisotopic (exact) mass is 732 g/mol. The second kappa shape index (κ2) is 15.1. The van der Waals surface area contributed by atoms with E-state index in [0.717, 1.165) is 31.7 Å². The number of hydrogen-bond donors (Lipinski definition) is 3. The topological polar surface area (TPSA) is 154 Å². The summed E-state index contributed by atoms with van der Waals surface area (Å²) in [6.07, 6.45) is -2.26. The third kappa shape index (κ3) is 10.2. The van der Waals surface area contributed by atoms with Gasteiger partial charge in [-0.3, -0.25) is 25.0 Å². The Morgan fingerprint density at radius 1 is 0.942 bits per heavy atom. The van der Waals surface area contributed by atoms with E-state index in [9.17, 15) is 27.6 Å². The lowest BCUT2D eigenvalue weighted by Crippen LogP contribution is -2.54. The highest BCUT2D eigenvalue weighted by molar-refractivity contribution is 6.16. The van der Waals surface area contributed by atoms with Gasteiger partial charge < -0.3 is 34.3 Å². The van der Waals surface area contributed by atoms with Gasteiger partial charge in [-0.2, -0.15) is 13.2 Å². The average molecular weight is 733 g/mol. The molecule has 3 aromatic heterocycles. The van der Waals surface area contributed by atoms with E-state index < -0.39 is 54.0 Å². The number of nitrogens with one attached hydrogen (secondary N) is 3. The molecule has 2 aliphatic heterocycles. The highest BCUT2D eigenvalue weighted by atomic mass is 19.4. The van der Waals surface area contributed by atoms with E-state index in [-0.39, 0.29) is 46.9 Å². The van der Waals surface area contributed by atoms with Gasteiger partial charge in [0, 0.05) is 58.2 Å². The van der Waals surface area contributed by atoms with E-state index >= 15 is 0 Å². The van der Waals surface area contributed by atoms with Gasteiger partial charge in [-0.25, -0.2) is 9.59 Å². The van der Waals surface area contributed by atoms with Gasteiger partial charge in [-0.05, 0) is 72.7 Å². The van der Waals surface area contributed by atoms with Gasteiger partial charge >= 0.3 is 18.4 Å². The third-order valence-corrected chi connectivity index (χ3v) is 8.45. The number of rotatable bonds is 7. The molecule has 0 spiro atoms. The van der Waals surface area contributed by atoms with Gasteiger partial charge in [0.05, 0.1) is 29.5 Å². The molecule has 17 heteroatoms. The van der Waals surface area contributed by atoms with E-state index in [1.54, 1.807) is 53.8 Å². The van der Waals surface area contributed by atoms with E-state index in [0.29, 0.717) is 6.54 Å². The first-order valence-corrected chi connectivity index (χ1v) is 17.1. The molecule has 0 saturated carbocycles. The summed E-state index contributed by atoms with van der Waals surface area (Å²) in [6, 6.07) is 2.32. The number of likely N-dealkylation sites (N-methyl/N-ethyl adjacent to an activating group) is 1. The van der Waals surface area contributed by atoms with E-state index in [2.05, 4.69) is 42.8 Å². The van der Waals surface area contributed by atoms with Crippen LogP contribution in [0.5, 0.6) is 0 Å². The van der Waals surface area contributed by atoms with Gasteiger partial charge in [0.25, 0.3) is 5.91 Å². The number of furan rings is 1. The Hall–Kier alpha value is -4.64. The third-order valence-electron chi connectivity index (χ3n) is 8.45. The standard InChI is InChI=1S/C35H47F3N8O6/c1-33(2,3)51-31(48)41-23-15-22(35(36,37)38)19-46(20-23)25-8-9-39-17-24(25)42-29(47)27-28-26(50-30(27)43-32(49)52-34(4,5)6)14-21(16-40-28)18-45-12-10-44(7)11-13-45/h8-9,14,16-17,22-23H,10-13,15,18-20H2,1-7H3,(H,41,48)(H,42,47)(H,43,49)/t22-,23+/m1/s1. The van der Waals surface area contributed by atoms with Crippen molar-refractivity contribution >= 4 is 46.5 Å². The van der Waals surface area contributed by atoms with Crippen molar-refractivity contribution in [3.8, 4) is 0 Å². The fourth-order valence-corrected chi connectivity index (χ4v) is 6.12. The maximum Gasteiger partial charge on any atom is 0.414 e. The van der Waals surface area contributed by atoms with Crippen LogP contribution in [0.15, 0.2) is 35.1 Å². The lowest BCUT2D eigenvalue weighted by atomic mass is 9.93. The number of fused-ring (bicyclic) bond motifs is 1. The summed E-state index contributed by atoms with van der Waals surface area (Å²) in [6.45, 7) is 13.8. The Balaban J connectivity index is 1.44. The zero-order valence-electron chi connectivity index (χ0n) is 30.5. The first-order valence-electron chi connectivity index (χ1n) is 17.1. The molecular weight excluding hydrogens is 685 g/mol. The summed E-state index contributed by atoms with van der Waals surface area (Å²) in [5.74, 6) is -2.76. The first kappa shape index (κ1) is 38.6. The number of nitrogens with zero attached hydrogens (tertiary/aromatic N) is 5. The van der Waals surface area contributed by atoms with Crippen molar-refractivity contribution in [1.82, 2.24) is 25.1 Å². The Morgan fingerprint density at radius 3 is 2.27 bits per heavy atom. The zero-order chi connectivity index (χ0) is 38.0. The van der Waals surface area contributed by atoms with Crippen LogP contribution in [0.1, 0.15) is 63.9 Å². The van der Waals surface area contributed by atoms with Crippen molar-refractivity contribution in [1.29, 1.82) is 0 Å². The highest BCUT2D eigenvalue weighted by Crippen LogP contribution is 2.38. The minimum atomic E-state index is -4.56. The SMILES string of the molecule is CN1CCN(Cc2cnc3c(C(=O)Nc4cnccc4N4C[C@@H](NC(=O)OC(C)(C)C)C[C@@H](C(F)(F)F)C4)c(NC(=O)OC(C)(C)C)oc3c2)CC1. The molecule has 0 radical (unpaired) electrons. The summed E-state index contributed by atoms with van der Waals surface area (Å²) in [4.78, 5) is 54.1. The maximum absolute atomic E-state index is 14.2. The number of pyridine rings is 2. The number of piperidine rings is 1. The lowest BCUT2D eigenvalue weighted by Gasteiger charge is -2.40. The van der Waals surface area contributed by atoms with Crippen LogP contribution in [0, 0.1) is 5.92 Å². The second-order valence-electron chi connectivity index (χ2n) is 15.3. The van der Waals surface area contributed by atoms with Gasteiger partial charge in [0.2, 0.25) is 5.88 Å². The predicted octanol–water partition coefficient (Wildman–Crippen LogP) is 5.85. The molecule has 2 atom stereocenters. The Labute approximate surface area is 300 Å². The molecule has 2 saturated heterocycles. The molecule has 3 amide bonds. The van der Waals surface area contributed by atoms with E-state index in [1.807, 2.05) is 0 Å². The van der Waals surface area contributed by atoms with Crippen molar-refractivity contribution in [2.45, 2.75) is 77.9 Å². The van der Waals surface area contributed by atoms with Crippen LogP contribution < -0.4 is 20.9 Å². The van der Waals surface area contributed by atoms with E-state index in [4.69, 9.17) is 13.9 Å². The number of amides is 3. The van der Waals surface area contributed by atoms with Crippen LogP contribution in [0.3, 0.4) is 0 Å². The van der Waals surface area contributed by atoms with Gasteiger partial charge in [0.1, 0.15) is 22.3 Å². The summed E-state index contributed by atoms with van der Waals surface area (Å²) < 4.78 is 59.2. The number of anilines is 3. The van der Waals surface area contributed by atoms with Crippen LogP contribution in [-0.4, -0.2) is 108 Å². The molecule has 2 fully saturated rings. The average Bonchev–Trinajstić information content (AvgIpc) is 3.36. The van der Waals surface area contributed by atoms with Crippen molar-refractivity contribution in [2.75, 3.05) is 61.8 Å². The molecule has 0 unspecified atom stereocenters. The van der Waals surface area contributed by atoms with Crippen LogP contribution in [0.4, 0.5) is 40.0 Å². The molecule has 14 nitrogen and oxygen atoms in total.